The van der Waals surface area contributed by atoms with Crippen molar-refractivity contribution >= 4 is 40.6 Å². The van der Waals surface area contributed by atoms with E-state index in [9.17, 15) is 24.1 Å². The summed E-state index contributed by atoms with van der Waals surface area (Å²) in [5, 5.41) is 17.7. The predicted molar refractivity (Wildman–Crippen MR) is 108 cm³/mol. The van der Waals surface area contributed by atoms with Crippen molar-refractivity contribution in [3.05, 3.63) is 98.1 Å². The third-order valence-electron chi connectivity index (χ3n) is 3.71. The molecule has 0 aliphatic rings. The van der Waals surface area contributed by atoms with Crippen molar-refractivity contribution in [3.8, 4) is 0 Å². The first-order valence-electron chi connectivity index (χ1n) is 8.30. The third kappa shape index (κ3) is 5.33. The fraction of sp³-hybridized carbons (Fsp3) is 0. The maximum absolute atomic E-state index is 13.4. The Bertz CT molecular complexity index is 1100. The van der Waals surface area contributed by atoms with Crippen LogP contribution in [0.5, 0.6) is 0 Å². The van der Waals surface area contributed by atoms with Gasteiger partial charge in [0.25, 0.3) is 17.5 Å². The zero-order valence-electron chi connectivity index (χ0n) is 14.8. The summed E-state index contributed by atoms with van der Waals surface area (Å²) < 4.78 is 13.4. The van der Waals surface area contributed by atoms with Gasteiger partial charge in [0.2, 0.25) is 0 Å². The quantitative estimate of drug-likeness (QED) is 0.360. The smallest absolute Gasteiger partial charge is 0.272 e. The second-order valence-corrected chi connectivity index (χ2v) is 6.75. The Balaban J connectivity index is 1.92. The number of carbonyl (C=O) groups is 2. The van der Waals surface area contributed by atoms with Gasteiger partial charge in [0.05, 0.1) is 9.80 Å². The van der Waals surface area contributed by atoms with Gasteiger partial charge >= 0.3 is 0 Å². The Labute approximate surface area is 168 Å². The molecule has 0 radical (unpaired) electrons. The minimum Gasteiger partial charge on any atom is -0.321 e. The Morgan fingerprint density at radius 3 is 2.55 bits per heavy atom. The number of thiophene rings is 1. The van der Waals surface area contributed by atoms with Gasteiger partial charge in [0.1, 0.15) is 11.5 Å². The molecule has 7 nitrogen and oxygen atoms in total. The van der Waals surface area contributed by atoms with Crippen LogP contribution in [0.15, 0.2) is 71.7 Å². The molecule has 29 heavy (non-hydrogen) atoms. The number of amides is 2. The van der Waals surface area contributed by atoms with Crippen LogP contribution in [-0.2, 0) is 4.79 Å². The lowest BCUT2D eigenvalue weighted by Gasteiger charge is -2.11. The van der Waals surface area contributed by atoms with E-state index in [1.165, 1.54) is 53.8 Å². The van der Waals surface area contributed by atoms with E-state index in [1.54, 1.807) is 23.6 Å². The summed E-state index contributed by atoms with van der Waals surface area (Å²) >= 11 is 1.19. The number of nitro benzene ring substituents is 1. The molecule has 0 aliphatic heterocycles. The van der Waals surface area contributed by atoms with Crippen molar-refractivity contribution in [1.29, 1.82) is 0 Å². The minimum atomic E-state index is -0.702. The van der Waals surface area contributed by atoms with Crippen molar-refractivity contribution in [1.82, 2.24) is 5.32 Å². The Morgan fingerprint density at radius 1 is 1.07 bits per heavy atom. The Kier molecular flexibility index (Phi) is 6.10. The van der Waals surface area contributed by atoms with Crippen molar-refractivity contribution < 1.29 is 18.9 Å². The SMILES string of the molecule is O=C(Nc1cccc(F)c1)C(=Cc1cccc([N+](=O)[O-])c1)NC(=O)c1cccs1. The summed E-state index contributed by atoms with van der Waals surface area (Å²) in [4.78, 5) is 35.9. The van der Waals surface area contributed by atoms with Crippen molar-refractivity contribution in [2.45, 2.75) is 0 Å². The summed E-state index contributed by atoms with van der Waals surface area (Å²) in [6.07, 6.45) is 1.31. The van der Waals surface area contributed by atoms with Gasteiger partial charge in [-0.25, -0.2) is 4.39 Å². The standard InChI is InChI=1S/C20H14FN3O4S/c21-14-5-2-6-15(12-14)22-19(25)17(23-20(26)18-8-3-9-29-18)11-13-4-1-7-16(10-13)24(27)28/h1-12H,(H,22,25)(H,23,26). The summed E-state index contributed by atoms with van der Waals surface area (Å²) in [6.45, 7) is 0. The van der Waals surface area contributed by atoms with Crippen LogP contribution in [0.4, 0.5) is 15.8 Å². The number of nitrogens with one attached hydrogen (secondary N) is 2. The average Bonchev–Trinajstić information content (AvgIpc) is 3.22. The average molecular weight is 411 g/mol. The van der Waals surface area contributed by atoms with Crippen molar-refractivity contribution in [2.75, 3.05) is 5.32 Å². The van der Waals surface area contributed by atoms with E-state index in [0.717, 1.165) is 6.07 Å². The van der Waals surface area contributed by atoms with Crippen LogP contribution in [0.25, 0.3) is 6.08 Å². The number of hydrogen-bond acceptors (Lipinski definition) is 5. The van der Waals surface area contributed by atoms with Crippen LogP contribution >= 0.6 is 11.3 Å². The first kappa shape index (κ1) is 19.9. The van der Waals surface area contributed by atoms with E-state index >= 15 is 0 Å². The molecule has 3 rings (SSSR count). The van der Waals surface area contributed by atoms with Gasteiger partial charge in [0, 0.05) is 17.8 Å². The molecule has 1 heterocycles. The van der Waals surface area contributed by atoms with Gasteiger partial charge in [-0.1, -0.05) is 24.3 Å². The highest BCUT2D eigenvalue weighted by Gasteiger charge is 2.16. The van der Waals surface area contributed by atoms with Crippen LogP contribution in [0.1, 0.15) is 15.2 Å². The van der Waals surface area contributed by atoms with Gasteiger partial charge in [-0.15, -0.1) is 11.3 Å². The lowest BCUT2D eigenvalue weighted by Crippen LogP contribution is -2.30. The maximum Gasteiger partial charge on any atom is 0.272 e. The molecule has 9 heteroatoms. The summed E-state index contributed by atoms with van der Waals surface area (Å²) in [7, 11) is 0. The summed E-state index contributed by atoms with van der Waals surface area (Å²) in [5.41, 5.74) is 0.238. The van der Waals surface area contributed by atoms with Crippen LogP contribution in [0.3, 0.4) is 0 Å². The Hall–Kier alpha value is -3.85. The highest BCUT2D eigenvalue weighted by molar-refractivity contribution is 7.12. The molecule has 0 spiro atoms. The molecule has 146 valence electrons. The molecule has 0 fully saturated rings. The van der Waals surface area contributed by atoms with E-state index in [2.05, 4.69) is 10.6 Å². The first-order valence-corrected chi connectivity index (χ1v) is 9.18. The molecule has 0 bridgehead atoms. The van der Waals surface area contributed by atoms with E-state index < -0.39 is 22.6 Å². The van der Waals surface area contributed by atoms with Crippen molar-refractivity contribution in [2.24, 2.45) is 0 Å². The van der Waals surface area contributed by atoms with Crippen LogP contribution in [-0.4, -0.2) is 16.7 Å². The molecule has 0 aliphatic carbocycles. The Morgan fingerprint density at radius 2 is 1.86 bits per heavy atom. The number of anilines is 1. The van der Waals surface area contributed by atoms with Gasteiger partial charge in [-0.2, -0.15) is 0 Å². The second kappa shape index (κ2) is 8.89. The molecule has 2 N–H and O–H groups in total. The van der Waals surface area contributed by atoms with E-state index in [0.29, 0.717) is 10.4 Å². The zero-order chi connectivity index (χ0) is 20.8. The molecule has 0 saturated carbocycles. The molecule has 0 unspecified atom stereocenters. The number of nitro groups is 1. The largest absolute Gasteiger partial charge is 0.321 e. The number of carbonyl (C=O) groups excluding carboxylic acids is 2. The van der Waals surface area contributed by atoms with Gasteiger partial charge in [-0.05, 0) is 41.3 Å². The van der Waals surface area contributed by atoms with Gasteiger partial charge in [0.15, 0.2) is 0 Å². The molecular weight excluding hydrogens is 397 g/mol. The molecule has 2 aromatic carbocycles. The molecule has 0 saturated heterocycles. The molecule has 3 aromatic rings. The summed E-state index contributed by atoms with van der Waals surface area (Å²) in [6, 6.07) is 14.2. The number of hydrogen-bond donors (Lipinski definition) is 2. The van der Waals surface area contributed by atoms with Crippen LogP contribution < -0.4 is 10.6 Å². The molecule has 1 aromatic heterocycles. The fourth-order valence-electron chi connectivity index (χ4n) is 2.41. The number of nitrogens with zero attached hydrogens (tertiary/aromatic N) is 1. The van der Waals surface area contributed by atoms with E-state index in [4.69, 9.17) is 0 Å². The highest BCUT2D eigenvalue weighted by atomic mass is 32.1. The molecule has 0 atom stereocenters. The lowest BCUT2D eigenvalue weighted by atomic mass is 10.1. The fourth-order valence-corrected chi connectivity index (χ4v) is 3.03. The van der Waals surface area contributed by atoms with Gasteiger partial charge in [-0.3, -0.25) is 19.7 Å². The lowest BCUT2D eigenvalue weighted by molar-refractivity contribution is -0.384. The molecular formula is C20H14FN3O4S. The van der Waals surface area contributed by atoms with Crippen LogP contribution in [0.2, 0.25) is 0 Å². The number of benzene rings is 2. The topological polar surface area (TPSA) is 101 Å². The third-order valence-corrected chi connectivity index (χ3v) is 4.58. The van der Waals surface area contributed by atoms with E-state index in [-0.39, 0.29) is 17.1 Å². The predicted octanol–water partition coefficient (Wildman–Crippen LogP) is 4.21. The molecule has 2 amide bonds. The number of rotatable bonds is 6. The monoisotopic (exact) mass is 411 g/mol. The van der Waals surface area contributed by atoms with Gasteiger partial charge < -0.3 is 10.6 Å². The summed E-state index contributed by atoms with van der Waals surface area (Å²) in [5.74, 6) is -1.74. The maximum atomic E-state index is 13.4. The number of halogens is 1. The van der Waals surface area contributed by atoms with Crippen molar-refractivity contribution in [3.63, 3.8) is 0 Å². The second-order valence-electron chi connectivity index (χ2n) is 5.81. The first-order chi connectivity index (χ1) is 13.9. The zero-order valence-corrected chi connectivity index (χ0v) is 15.6. The normalized spacial score (nSPS) is 11.0. The number of non-ortho nitro benzene ring substituents is 1. The highest BCUT2D eigenvalue weighted by Crippen LogP contribution is 2.17. The van der Waals surface area contributed by atoms with Crippen LogP contribution in [0, 0.1) is 15.9 Å². The minimum absolute atomic E-state index is 0.145. The van der Waals surface area contributed by atoms with E-state index in [1.807, 2.05) is 0 Å².